The number of nitrogens with zero attached hydrogens (tertiary/aromatic N) is 3. The summed E-state index contributed by atoms with van der Waals surface area (Å²) < 4.78 is 0. The maximum Gasteiger partial charge on any atom is 0.311 e. The maximum atomic E-state index is 10.9. The molecule has 0 spiro atoms. The van der Waals surface area contributed by atoms with E-state index in [0.717, 1.165) is 5.56 Å². The van der Waals surface area contributed by atoms with Crippen LogP contribution in [-0.2, 0) is 0 Å². The molecule has 2 rings (SSSR count). The molecule has 7 nitrogen and oxygen atoms in total. The predicted molar refractivity (Wildman–Crippen MR) is 71.6 cm³/mol. The van der Waals surface area contributed by atoms with E-state index in [4.69, 9.17) is 5.73 Å². The van der Waals surface area contributed by atoms with Crippen molar-refractivity contribution in [3.63, 3.8) is 0 Å². The lowest BCUT2D eigenvalue weighted by Gasteiger charge is -2.14. The molecule has 0 radical (unpaired) electrons. The third-order valence-corrected chi connectivity index (χ3v) is 2.65. The highest BCUT2D eigenvalue weighted by molar-refractivity contribution is 5.60. The highest BCUT2D eigenvalue weighted by Crippen LogP contribution is 2.26. The minimum Gasteiger partial charge on any atom is -0.384 e. The molecule has 2 aromatic heterocycles. The van der Waals surface area contributed by atoms with Gasteiger partial charge in [0, 0.05) is 18.5 Å². The van der Waals surface area contributed by atoms with Gasteiger partial charge in [0.1, 0.15) is 5.82 Å². The van der Waals surface area contributed by atoms with Crippen molar-refractivity contribution in [3.05, 3.63) is 52.3 Å². The summed E-state index contributed by atoms with van der Waals surface area (Å²) in [6, 6.07) is 6.26. The lowest BCUT2D eigenvalue weighted by molar-refractivity contribution is -0.384. The molecule has 1 unspecified atom stereocenters. The molecule has 2 aromatic rings. The zero-order valence-corrected chi connectivity index (χ0v) is 10.3. The van der Waals surface area contributed by atoms with Gasteiger partial charge in [-0.15, -0.1) is 0 Å². The second-order valence-electron chi connectivity index (χ2n) is 4.01. The largest absolute Gasteiger partial charge is 0.384 e. The number of nitrogens with one attached hydrogen (secondary N) is 1. The Kier molecular flexibility index (Phi) is 3.56. The molecular formula is C12H13N5O2. The van der Waals surface area contributed by atoms with Gasteiger partial charge < -0.3 is 11.1 Å². The third-order valence-electron chi connectivity index (χ3n) is 2.65. The van der Waals surface area contributed by atoms with Crippen LogP contribution in [0.4, 0.5) is 17.3 Å². The van der Waals surface area contributed by atoms with Gasteiger partial charge in [-0.2, -0.15) is 0 Å². The molecule has 0 amide bonds. The van der Waals surface area contributed by atoms with Crippen LogP contribution in [0.2, 0.25) is 0 Å². The van der Waals surface area contributed by atoms with Crippen LogP contribution >= 0.6 is 0 Å². The van der Waals surface area contributed by atoms with E-state index in [2.05, 4.69) is 15.3 Å². The van der Waals surface area contributed by atoms with Crippen molar-refractivity contribution in [1.29, 1.82) is 0 Å². The molecule has 19 heavy (non-hydrogen) atoms. The van der Waals surface area contributed by atoms with E-state index < -0.39 is 4.92 Å². The zero-order valence-electron chi connectivity index (χ0n) is 10.3. The van der Waals surface area contributed by atoms with Crippen molar-refractivity contribution < 1.29 is 4.92 Å². The number of nitrogen functional groups attached to an aromatic ring is 1. The van der Waals surface area contributed by atoms with Crippen LogP contribution in [0.3, 0.4) is 0 Å². The second-order valence-corrected chi connectivity index (χ2v) is 4.01. The van der Waals surface area contributed by atoms with Gasteiger partial charge in [-0.25, -0.2) is 4.98 Å². The first-order chi connectivity index (χ1) is 9.08. The van der Waals surface area contributed by atoms with E-state index in [0.29, 0.717) is 0 Å². The van der Waals surface area contributed by atoms with E-state index in [9.17, 15) is 10.1 Å². The van der Waals surface area contributed by atoms with Crippen LogP contribution < -0.4 is 11.1 Å². The highest BCUT2D eigenvalue weighted by Gasteiger charge is 2.17. The van der Waals surface area contributed by atoms with E-state index in [1.165, 1.54) is 12.1 Å². The Hall–Kier alpha value is -2.70. The number of rotatable bonds is 4. The minimum atomic E-state index is -0.492. The number of anilines is 2. The molecule has 0 fully saturated rings. The fraction of sp³-hybridized carbons (Fsp3) is 0.167. The Morgan fingerprint density at radius 2 is 2.00 bits per heavy atom. The summed E-state index contributed by atoms with van der Waals surface area (Å²) in [4.78, 5) is 18.3. The zero-order chi connectivity index (χ0) is 13.8. The number of pyridine rings is 2. The number of hydrogen-bond donors (Lipinski definition) is 2. The summed E-state index contributed by atoms with van der Waals surface area (Å²) in [5.74, 6) is 0.393. The number of nitro groups is 1. The molecular weight excluding hydrogens is 246 g/mol. The third kappa shape index (κ3) is 2.95. The maximum absolute atomic E-state index is 10.9. The smallest absolute Gasteiger partial charge is 0.311 e. The first kappa shape index (κ1) is 12.7. The van der Waals surface area contributed by atoms with Gasteiger partial charge in [-0.3, -0.25) is 15.1 Å². The summed E-state index contributed by atoms with van der Waals surface area (Å²) in [6.07, 6.45) is 3.32. The minimum absolute atomic E-state index is 0.102. The molecule has 2 heterocycles. The summed E-state index contributed by atoms with van der Waals surface area (Å²) in [6.45, 7) is 1.88. The summed E-state index contributed by atoms with van der Waals surface area (Å²) in [7, 11) is 0. The van der Waals surface area contributed by atoms with Crippen LogP contribution in [0.15, 0.2) is 36.7 Å². The molecule has 0 aliphatic heterocycles. The second kappa shape index (κ2) is 5.30. The topological polar surface area (TPSA) is 107 Å². The van der Waals surface area contributed by atoms with E-state index in [1.807, 2.05) is 19.1 Å². The first-order valence-corrected chi connectivity index (χ1v) is 5.65. The van der Waals surface area contributed by atoms with Gasteiger partial charge in [0.05, 0.1) is 11.0 Å². The van der Waals surface area contributed by atoms with E-state index in [1.54, 1.807) is 12.4 Å². The molecule has 1 atom stereocenters. The molecule has 3 N–H and O–H groups in total. The molecule has 0 aromatic carbocycles. The lowest BCUT2D eigenvalue weighted by atomic mass is 10.1. The average molecular weight is 259 g/mol. The fourth-order valence-corrected chi connectivity index (χ4v) is 1.66. The van der Waals surface area contributed by atoms with Crippen LogP contribution in [0.5, 0.6) is 0 Å². The van der Waals surface area contributed by atoms with Gasteiger partial charge in [0.25, 0.3) is 0 Å². The summed E-state index contributed by atoms with van der Waals surface area (Å²) in [5, 5.41) is 13.9. The van der Waals surface area contributed by atoms with Gasteiger partial charge in [0.15, 0.2) is 0 Å². The summed E-state index contributed by atoms with van der Waals surface area (Å²) in [5.41, 5.74) is 6.41. The summed E-state index contributed by atoms with van der Waals surface area (Å²) >= 11 is 0. The molecule has 98 valence electrons. The standard InChI is InChI=1S/C12H13N5O2/c1-8(9-4-6-14-7-5-9)15-12-10(17(18)19)2-3-11(13)16-12/h2-8H,1H3,(H3,13,15,16). The Morgan fingerprint density at radius 3 is 2.63 bits per heavy atom. The van der Waals surface area contributed by atoms with Crippen molar-refractivity contribution in [1.82, 2.24) is 9.97 Å². The van der Waals surface area contributed by atoms with Crippen molar-refractivity contribution in [2.45, 2.75) is 13.0 Å². The Morgan fingerprint density at radius 1 is 1.32 bits per heavy atom. The predicted octanol–water partition coefficient (Wildman–Crippen LogP) is 2.14. The molecule has 0 aliphatic rings. The monoisotopic (exact) mass is 259 g/mol. The van der Waals surface area contributed by atoms with E-state index in [-0.39, 0.29) is 23.4 Å². The van der Waals surface area contributed by atoms with Crippen LogP contribution in [0.1, 0.15) is 18.5 Å². The quantitative estimate of drug-likeness (QED) is 0.643. The number of nitrogens with two attached hydrogens (primary N) is 1. The SMILES string of the molecule is CC(Nc1nc(N)ccc1[N+](=O)[O-])c1ccncc1. The number of hydrogen-bond acceptors (Lipinski definition) is 6. The van der Waals surface area contributed by atoms with Crippen molar-refractivity contribution in [2.75, 3.05) is 11.1 Å². The lowest BCUT2D eigenvalue weighted by Crippen LogP contribution is -2.10. The molecule has 7 heteroatoms. The first-order valence-electron chi connectivity index (χ1n) is 5.65. The van der Waals surface area contributed by atoms with Crippen molar-refractivity contribution >= 4 is 17.3 Å². The Labute approximate surface area is 109 Å². The Bertz CT molecular complexity index is 588. The van der Waals surface area contributed by atoms with Gasteiger partial charge >= 0.3 is 5.69 Å². The van der Waals surface area contributed by atoms with Crippen molar-refractivity contribution in [2.24, 2.45) is 0 Å². The van der Waals surface area contributed by atoms with Gasteiger partial charge in [0.2, 0.25) is 5.82 Å². The number of aromatic nitrogens is 2. The fourth-order valence-electron chi connectivity index (χ4n) is 1.66. The molecule has 0 saturated carbocycles. The highest BCUT2D eigenvalue weighted by atomic mass is 16.6. The Balaban J connectivity index is 2.28. The van der Waals surface area contributed by atoms with Gasteiger partial charge in [-0.1, -0.05) is 0 Å². The van der Waals surface area contributed by atoms with Crippen LogP contribution in [0, 0.1) is 10.1 Å². The van der Waals surface area contributed by atoms with Crippen LogP contribution in [-0.4, -0.2) is 14.9 Å². The van der Waals surface area contributed by atoms with Crippen molar-refractivity contribution in [3.8, 4) is 0 Å². The molecule has 0 aliphatic carbocycles. The van der Waals surface area contributed by atoms with Crippen LogP contribution in [0.25, 0.3) is 0 Å². The van der Waals surface area contributed by atoms with E-state index >= 15 is 0 Å². The molecule has 0 bridgehead atoms. The average Bonchev–Trinajstić information content (AvgIpc) is 2.39. The van der Waals surface area contributed by atoms with Gasteiger partial charge in [-0.05, 0) is 30.7 Å². The normalized spacial score (nSPS) is 11.8. The molecule has 0 saturated heterocycles.